The Morgan fingerprint density at radius 2 is 2.08 bits per heavy atom. The van der Waals surface area contributed by atoms with E-state index < -0.39 is 0 Å². The predicted octanol–water partition coefficient (Wildman–Crippen LogP) is 4.50. The molecule has 0 aliphatic heterocycles. The minimum absolute atomic E-state index is 0.0162. The van der Waals surface area contributed by atoms with E-state index in [1.807, 2.05) is 30.3 Å². The Hall–Kier alpha value is -2.75. The Labute approximate surface area is 146 Å². The first-order valence-corrected chi connectivity index (χ1v) is 8.69. The van der Waals surface area contributed by atoms with Gasteiger partial charge in [-0.05, 0) is 55.0 Å². The molecule has 4 heteroatoms. The van der Waals surface area contributed by atoms with Gasteiger partial charge in [0.2, 0.25) is 5.91 Å². The molecule has 1 aliphatic rings. The van der Waals surface area contributed by atoms with Gasteiger partial charge in [0.05, 0.1) is 19.8 Å². The van der Waals surface area contributed by atoms with E-state index in [1.54, 1.807) is 13.4 Å². The molecule has 1 heterocycles. The van der Waals surface area contributed by atoms with Gasteiger partial charge in [0.25, 0.3) is 0 Å². The molecule has 0 bridgehead atoms. The summed E-state index contributed by atoms with van der Waals surface area (Å²) in [5.74, 6) is 0.728. The van der Waals surface area contributed by atoms with Crippen LogP contribution in [0.3, 0.4) is 0 Å². The summed E-state index contributed by atoms with van der Waals surface area (Å²) in [6.07, 6.45) is 6.52. The first-order valence-electron chi connectivity index (χ1n) is 8.69. The molecule has 0 unspecified atom stereocenters. The SMILES string of the molecule is COc1ccc2c(CC(=O)Nc3cccc4c3CCCC4)coc2c1. The fraction of sp³-hybridized carbons (Fsp3) is 0.286. The smallest absolute Gasteiger partial charge is 0.228 e. The number of ether oxygens (including phenoxy) is 1. The molecule has 4 nitrogen and oxygen atoms in total. The van der Waals surface area contributed by atoms with Crippen molar-refractivity contribution in [1.29, 1.82) is 0 Å². The lowest BCUT2D eigenvalue weighted by atomic mass is 9.90. The van der Waals surface area contributed by atoms with Crippen molar-refractivity contribution in [1.82, 2.24) is 0 Å². The number of hydrogen-bond donors (Lipinski definition) is 1. The second kappa shape index (κ2) is 6.63. The van der Waals surface area contributed by atoms with Gasteiger partial charge in [-0.1, -0.05) is 12.1 Å². The molecule has 1 amide bonds. The van der Waals surface area contributed by atoms with Gasteiger partial charge in [0.1, 0.15) is 11.3 Å². The van der Waals surface area contributed by atoms with Gasteiger partial charge in [-0.15, -0.1) is 0 Å². The van der Waals surface area contributed by atoms with Gasteiger partial charge in [-0.25, -0.2) is 0 Å². The number of benzene rings is 2. The predicted molar refractivity (Wildman–Crippen MR) is 98.2 cm³/mol. The van der Waals surface area contributed by atoms with Gasteiger partial charge in [-0.3, -0.25) is 4.79 Å². The third-order valence-corrected chi connectivity index (χ3v) is 4.88. The molecule has 3 aromatic rings. The average molecular weight is 335 g/mol. The van der Waals surface area contributed by atoms with Crippen molar-refractivity contribution in [3.8, 4) is 5.75 Å². The number of aryl methyl sites for hydroxylation is 1. The van der Waals surface area contributed by atoms with Crippen molar-refractivity contribution in [2.24, 2.45) is 0 Å². The molecule has 0 atom stereocenters. The number of fused-ring (bicyclic) bond motifs is 2. The van der Waals surface area contributed by atoms with Crippen molar-refractivity contribution >= 4 is 22.6 Å². The number of hydrogen-bond acceptors (Lipinski definition) is 3. The number of amides is 1. The minimum Gasteiger partial charge on any atom is -0.497 e. The zero-order valence-electron chi connectivity index (χ0n) is 14.3. The molecular formula is C21H21NO3. The summed E-state index contributed by atoms with van der Waals surface area (Å²) in [5.41, 5.74) is 5.24. The molecular weight excluding hydrogens is 314 g/mol. The van der Waals surface area contributed by atoms with E-state index in [-0.39, 0.29) is 5.91 Å². The van der Waals surface area contributed by atoms with Gasteiger partial charge >= 0.3 is 0 Å². The van der Waals surface area contributed by atoms with E-state index in [1.165, 1.54) is 24.0 Å². The Balaban J connectivity index is 1.53. The zero-order valence-corrected chi connectivity index (χ0v) is 14.3. The standard InChI is InChI=1S/C21H21NO3/c1-24-16-9-10-18-15(13-25-20(18)12-16)11-21(23)22-19-8-4-6-14-5-2-3-7-17(14)19/h4,6,8-10,12-13H,2-3,5,7,11H2,1H3,(H,22,23). The fourth-order valence-electron chi connectivity index (χ4n) is 3.59. The van der Waals surface area contributed by atoms with E-state index in [2.05, 4.69) is 11.4 Å². The Morgan fingerprint density at radius 1 is 1.20 bits per heavy atom. The van der Waals surface area contributed by atoms with Crippen molar-refractivity contribution in [2.75, 3.05) is 12.4 Å². The molecule has 1 N–H and O–H groups in total. The topological polar surface area (TPSA) is 51.5 Å². The highest BCUT2D eigenvalue weighted by Crippen LogP contribution is 2.29. The van der Waals surface area contributed by atoms with Crippen molar-refractivity contribution in [2.45, 2.75) is 32.1 Å². The Bertz CT molecular complexity index is 926. The average Bonchev–Trinajstić information content (AvgIpc) is 3.04. The quantitative estimate of drug-likeness (QED) is 0.763. The highest BCUT2D eigenvalue weighted by Gasteiger charge is 2.16. The summed E-state index contributed by atoms with van der Waals surface area (Å²) in [6.45, 7) is 0. The summed E-state index contributed by atoms with van der Waals surface area (Å²) < 4.78 is 10.8. The summed E-state index contributed by atoms with van der Waals surface area (Å²) in [5, 5.41) is 4.04. The second-order valence-corrected chi connectivity index (χ2v) is 6.50. The lowest BCUT2D eigenvalue weighted by Crippen LogP contribution is -2.17. The number of anilines is 1. The van der Waals surface area contributed by atoms with Crippen LogP contribution in [-0.2, 0) is 24.1 Å². The monoisotopic (exact) mass is 335 g/mol. The number of carbonyl (C=O) groups excluding carboxylic acids is 1. The van der Waals surface area contributed by atoms with Gasteiger partial charge in [-0.2, -0.15) is 0 Å². The number of nitrogens with one attached hydrogen (secondary N) is 1. The first-order chi connectivity index (χ1) is 12.2. The number of furan rings is 1. The molecule has 0 fully saturated rings. The molecule has 1 aromatic heterocycles. The van der Waals surface area contributed by atoms with Crippen LogP contribution in [0.1, 0.15) is 29.5 Å². The normalized spacial score (nSPS) is 13.5. The van der Waals surface area contributed by atoms with Crippen LogP contribution in [0.4, 0.5) is 5.69 Å². The maximum Gasteiger partial charge on any atom is 0.228 e. The van der Waals surface area contributed by atoms with Gasteiger partial charge in [0, 0.05) is 22.7 Å². The third kappa shape index (κ3) is 3.12. The number of rotatable bonds is 4. The maximum atomic E-state index is 12.6. The summed E-state index contributed by atoms with van der Waals surface area (Å²) in [7, 11) is 1.62. The highest BCUT2D eigenvalue weighted by atomic mass is 16.5. The first kappa shape index (κ1) is 15.8. The van der Waals surface area contributed by atoms with Crippen molar-refractivity contribution < 1.29 is 13.9 Å². The van der Waals surface area contributed by atoms with Crippen LogP contribution >= 0.6 is 0 Å². The molecule has 128 valence electrons. The van der Waals surface area contributed by atoms with E-state index >= 15 is 0 Å². The molecule has 1 aliphatic carbocycles. The van der Waals surface area contributed by atoms with Gasteiger partial charge in [0.15, 0.2) is 0 Å². The van der Waals surface area contributed by atoms with Crippen LogP contribution in [0.15, 0.2) is 47.1 Å². The van der Waals surface area contributed by atoms with Crippen LogP contribution in [-0.4, -0.2) is 13.0 Å². The van der Waals surface area contributed by atoms with Crippen LogP contribution in [0.25, 0.3) is 11.0 Å². The van der Waals surface area contributed by atoms with E-state index in [9.17, 15) is 4.79 Å². The fourth-order valence-corrected chi connectivity index (χ4v) is 3.59. The number of methoxy groups -OCH3 is 1. The molecule has 4 rings (SSSR count). The van der Waals surface area contributed by atoms with Crippen molar-refractivity contribution in [3.05, 3.63) is 59.4 Å². The molecule has 0 saturated carbocycles. The molecule has 0 saturated heterocycles. The minimum atomic E-state index is -0.0162. The summed E-state index contributed by atoms with van der Waals surface area (Å²) in [6, 6.07) is 11.8. The zero-order chi connectivity index (χ0) is 17.2. The molecule has 0 radical (unpaired) electrons. The van der Waals surface area contributed by atoms with Crippen molar-refractivity contribution in [3.63, 3.8) is 0 Å². The maximum absolute atomic E-state index is 12.6. The molecule has 25 heavy (non-hydrogen) atoms. The molecule has 0 spiro atoms. The van der Waals surface area contributed by atoms with Gasteiger partial charge < -0.3 is 14.5 Å². The largest absolute Gasteiger partial charge is 0.497 e. The molecule has 2 aromatic carbocycles. The Morgan fingerprint density at radius 3 is 2.96 bits per heavy atom. The summed E-state index contributed by atoms with van der Waals surface area (Å²) in [4.78, 5) is 12.6. The van der Waals surface area contributed by atoms with Crippen LogP contribution in [0.5, 0.6) is 5.75 Å². The van der Waals surface area contributed by atoms with Crippen LogP contribution in [0, 0.1) is 0 Å². The summed E-state index contributed by atoms with van der Waals surface area (Å²) >= 11 is 0. The van der Waals surface area contributed by atoms with E-state index in [0.29, 0.717) is 6.42 Å². The lowest BCUT2D eigenvalue weighted by Gasteiger charge is -2.19. The lowest BCUT2D eigenvalue weighted by molar-refractivity contribution is -0.115. The van der Waals surface area contributed by atoms with E-state index in [4.69, 9.17) is 9.15 Å². The third-order valence-electron chi connectivity index (χ3n) is 4.88. The van der Waals surface area contributed by atoms with Crippen LogP contribution < -0.4 is 10.1 Å². The Kier molecular flexibility index (Phi) is 4.18. The van der Waals surface area contributed by atoms with E-state index in [0.717, 1.165) is 40.8 Å². The van der Waals surface area contributed by atoms with Crippen LogP contribution in [0.2, 0.25) is 0 Å². The number of carbonyl (C=O) groups is 1. The highest BCUT2D eigenvalue weighted by molar-refractivity contribution is 5.96. The second-order valence-electron chi connectivity index (χ2n) is 6.50.